The Labute approximate surface area is 222 Å². The second-order valence-electron chi connectivity index (χ2n) is 11.0. The molecule has 0 spiro atoms. The van der Waals surface area contributed by atoms with Crippen molar-refractivity contribution in [1.29, 1.82) is 0 Å². The normalized spacial score (nSPS) is 29.9. The van der Waals surface area contributed by atoms with Gasteiger partial charge in [-0.05, 0) is 75.0 Å². The lowest BCUT2D eigenvalue weighted by molar-refractivity contribution is -0.0636. The van der Waals surface area contributed by atoms with Crippen LogP contribution in [0.5, 0.6) is 0 Å². The molecule has 2 aromatic rings. The Kier molecular flexibility index (Phi) is 7.78. The van der Waals surface area contributed by atoms with Crippen molar-refractivity contribution in [1.82, 2.24) is 19.4 Å². The zero-order valence-electron chi connectivity index (χ0n) is 22.9. The average molecular weight is 527 g/mol. The lowest BCUT2D eigenvalue weighted by Crippen LogP contribution is -2.68. The van der Waals surface area contributed by atoms with E-state index in [4.69, 9.17) is 4.74 Å². The van der Waals surface area contributed by atoms with Crippen molar-refractivity contribution < 1.29 is 13.2 Å². The Morgan fingerprint density at radius 1 is 1.05 bits per heavy atom. The summed E-state index contributed by atoms with van der Waals surface area (Å²) in [4.78, 5) is 4.44. The van der Waals surface area contributed by atoms with Crippen molar-refractivity contribution in [3.8, 4) is 11.1 Å². The molecule has 3 heterocycles. The molecule has 0 radical (unpaired) electrons. The lowest BCUT2D eigenvalue weighted by atomic mass is 9.74. The predicted octanol–water partition coefficient (Wildman–Crippen LogP) is 3.39. The third-order valence-electron chi connectivity index (χ3n) is 9.05. The summed E-state index contributed by atoms with van der Waals surface area (Å²) < 4.78 is 35.0. The molecule has 3 fully saturated rings. The van der Waals surface area contributed by atoms with Gasteiger partial charge in [0.25, 0.3) is 0 Å². The third kappa shape index (κ3) is 4.88. The van der Waals surface area contributed by atoms with Crippen molar-refractivity contribution in [2.45, 2.75) is 63.2 Å². The van der Waals surface area contributed by atoms with Gasteiger partial charge in [0.05, 0.1) is 12.8 Å². The SMILES string of the molecule is COCC1[C@@H](c2ccc(-c3cccc(C)c3C)cc2)C2CN(S(=O)(=O)C3CNC(C)N3C)CCCCN12. The Morgan fingerprint density at radius 3 is 2.46 bits per heavy atom. The highest BCUT2D eigenvalue weighted by molar-refractivity contribution is 7.89. The van der Waals surface area contributed by atoms with Crippen molar-refractivity contribution >= 4 is 10.0 Å². The molecule has 3 saturated heterocycles. The summed E-state index contributed by atoms with van der Waals surface area (Å²) in [6, 6.07) is 15.8. The minimum absolute atomic E-state index is 0.0594. The number of methoxy groups -OCH3 is 1. The van der Waals surface area contributed by atoms with Crippen LogP contribution in [0, 0.1) is 13.8 Å². The van der Waals surface area contributed by atoms with Crippen molar-refractivity contribution in [2.24, 2.45) is 0 Å². The first-order chi connectivity index (χ1) is 17.7. The fraction of sp³-hybridized carbons (Fsp3) is 0.586. The van der Waals surface area contributed by atoms with Gasteiger partial charge in [-0.3, -0.25) is 15.1 Å². The van der Waals surface area contributed by atoms with E-state index >= 15 is 0 Å². The summed E-state index contributed by atoms with van der Waals surface area (Å²) >= 11 is 0. The van der Waals surface area contributed by atoms with Gasteiger partial charge in [0.2, 0.25) is 10.0 Å². The molecule has 0 aromatic heterocycles. The molecule has 8 heteroatoms. The Bertz CT molecular complexity index is 1200. The van der Waals surface area contributed by atoms with E-state index in [9.17, 15) is 8.42 Å². The maximum Gasteiger partial charge on any atom is 0.231 e. The fourth-order valence-corrected chi connectivity index (χ4v) is 8.53. The van der Waals surface area contributed by atoms with Crippen LogP contribution in [0.3, 0.4) is 0 Å². The van der Waals surface area contributed by atoms with Crippen LogP contribution >= 0.6 is 0 Å². The molecule has 2 aromatic carbocycles. The molecule has 1 N–H and O–H groups in total. The van der Waals surface area contributed by atoms with Crippen LogP contribution in [0.15, 0.2) is 42.5 Å². The first kappa shape index (κ1) is 26.8. The summed E-state index contributed by atoms with van der Waals surface area (Å²) in [5.74, 6) is 0.238. The summed E-state index contributed by atoms with van der Waals surface area (Å²) in [6.07, 6.45) is 1.94. The van der Waals surface area contributed by atoms with Gasteiger partial charge < -0.3 is 4.74 Å². The molecule has 0 aliphatic carbocycles. The third-order valence-corrected chi connectivity index (χ3v) is 11.3. The smallest absolute Gasteiger partial charge is 0.231 e. The molecule has 7 nitrogen and oxygen atoms in total. The summed E-state index contributed by atoms with van der Waals surface area (Å²) in [5, 5.41) is 2.79. The van der Waals surface area contributed by atoms with E-state index in [-0.39, 0.29) is 24.2 Å². The standard InChI is InChI=1S/C29H42N4O3S/c1-20-9-8-10-25(21(20)2)23-11-13-24(14-12-23)29-26-18-32(15-6-7-16-33(26)27(29)19-36-5)37(34,35)28-17-30-22(3)31(28)4/h8-14,22,26-30H,6-7,15-19H2,1-5H3/t22?,26?,27?,28?,29-/m0/s1. The van der Waals surface area contributed by atoms with Gasteiger partial charge in [0, 0.05) is 44.7 Å². The van der Waals surface area contributed by atoms with Crippen molar-refractivity contribution in [3.05, 3.63) is 59.2 Å². The maximum atomic E-state index is 13.8. The summed E-state index contributed by atoms with van der Waals surface area (Å²) in [5.41, 5.74) is 6.36. The molecule has 0 saturated carbocycles. The molecule has 37 heavy (non-hydrogen) atoms. The van der Waals surface area contributed by atoms with Crippen LogP contribution in [0.4, 0.5) is 0 Å². The zero-order valence-corrected chi connectivity index (χ0v) is 23.7. The molecule has 0 bridgehead atoms. The van der Waals surface area contributed by atoms with E-state index in [2.05, 4.69) is 66.5 Å². The minimum atomic E-state index is -3.45. The Balaban J connectivity index is 1.42. The van der Waals surface area contributed by atoms with Crippen molar-refractivity contribution in [2.75, 3.05) is 46.9 Å². The van der Waals surface area contributed by atoms with Gasteiger partial charge in [0.1, 0.15) is 5.37 Å². The number of hydrogen-bond donors (Lipinski definition) is 1. The number of aryl methyl sites for hydroxylation is 1. The number of nitrogens with zero attached hydrogens (tertiary/aromatic N) is 3. The highest BCUT2D eigenvalue weighted by Gasteiger charge is 2.51. The first-order valence-electron chi connectivity index (χ1n) is 13.6. The molecule has 5 rings (SSSR count). The van der Waals surface area contributed by atoms with Crippen LogP contribution in [-0.2, 0) is 14.8 Å². The fourth-order valence-electron chi connectivity index (χ4n) is 6.54. The highest BCUT2D eigenvalue weighted by Crippen LogP contribution is 2.43. The second kappa shape index (κ2) is 10.8. The number of rotatable bonds is 6. The van der Waals surface area contributed by atoms with Crippen LogP contribution in [0.25, 0.3) is 11.1 Å². The summed E-state index contributed by atoms with van der Waals surface area (Å²) in [7, 11) is 0.213. The predicted molar refractivity (Wildman–Crippen MR) is 149 cm³/mol. The van der Waals surface area contributed by atoms with Gasteiger partial charge >= 0.3 is 0 Å². The minimum Gasteiger partial charge on any atom is -0.383 e. The number of nitrogens with one attached hydrogen (secondary N) is 1. The van der Waals surface area contributed by atoms with E-state index in [1.165, 1.54) is 27.8 Å². The highest BCUT2D eigenvalue weighted by atomic mass is 32.2. The van der Waals surface area contributed by atoms with E-state index in [0.29, 0.717) is 26.2 Å². The quantitative estimate of drug-likeness (QED) is 0.623. The number of hydrogen-bond acceptors (Lipinski definition) is 6. The lowest BCUT2D eigenvalue weighted by Gasteiger charge is -2.57. The van der Waals surface area contributed by atoms with Gasteiger partial charge in [-0.2, -0.15) is 4.31 Å². The van der Waals surface area contributed by atoms with Gasteiger partial charge in [0.15, 0.2) is 0 Å². The van der Waals surface area contributed by atoms with Crippen LogP contribution in [0.2, 0.25) is 0 Å². The number of ether oxygens (including phenoxy) is 1. The van der Waals surface area contributed by atoms with Gasteiger partial charge in [-0.1, -0.05) is 42.5 Å². The monoisotopic (exact) mass is 526 g/mol. The molecule has 3 aliphatic rings. The molecule has 4 unspecified atom stereocenters. The molecule has 202 valence electrons. The molecule has 0 amide bonds. The molecule has 3 aliphatic heterocycles. The second-order valence-corrected chi connectivity index (χ2v) is 13.1. The Hall–Kier alpha value is -1.81. The Morgan fingerprint density at radius 2 is 1.78 bits per heavy atom. The van der Waals surface area contributed by atoms with E-state index in [0.717, 1.165) is 19.4 Å². The van der Waals surface area contributed by atoms with E-state index in [1.807, 2.05) is 18.9 Å². The van der Waals surface area contributed by atoms with Crippen molar-refractivity contribution in [3.63, 3.8) is 0 Å². The number of benzene rings is 2. The molecule has 5 atom stereocenters. The maximum absolute atomic E-state index is 13.8. The van der Waals surface area contributed by atoms with E-state index in [1.54, 1.807) is 11.4 Å². The number of sulfonamides is 1. The van der Waals surface area contributed by atoms with Crippen LogP contribution in [-0.4, -0.2) is 93.1 Å². The number of fused-ring (bicyclic) bond motifs is 1. The van der Waals surface area contributed by atoms with Gasteiger partial charge in [-0.15, -0.1) is 0 Å². The number of likely N-dealkylation sites (N-methyl/N-ethyl adjacent to an activating group) is 1. The van der Waals surface area contributed by atoms with E-state index < -0.39 is 15.4 Å². The largest absolute Gasteiger partial charge is 0.383 e. The van der Waals surface area contributed by atoms with Crippen LogP contribution < -0.4 is 5.32 Å². The topological polar surface area (TPSA) is 65.1 Å². The first-order valence-corrected chi connectivity index (χ1v) is 15.1. The van der Waals surface area contributed by atoms with Crippen LogP contribution in [0.1, 0.15) is 42.4 Å². The zero-order chi connectivity index (χ0) is 26.3. The summed E-state index contributed by atoms with van der Waals surface area (Å²) in [6.45, 7) is 9.59. The average Bonchev–Trinajstić information content (AvgIpc) is 3.21. The molecular formula is C29H42N4O3S. The van der Waals surface area contributed by atoms with Gasteiger partial charge in [-0.25, -0.2) is 8.42 Å². The molecular weight excluding hydrogens is 484 g/mol.